The van der Waals surface area contributed by atoms with Crippen LogP contribution in [0.1, 0.15) is 36.2 Å². The van der Waals surface area contributed by atoms with Crippen molar-refractivity contribution in [2.24, 2.45) is 5.73 Å². The second kappa shape index (κ2) is 10.4. The number of pyridine rings is 1. The number of nitrogens with one attached hydrogen (secondary N) is 1. The summed E-state index contributed by atoms with van der Waals surface area (Å²) in [4.78, 5) is 16.5. The van der Waals surface area contributed by atoms with Gasteiger partial charge in [-0.1, -0.05) is 32.0 Å². The third-order valence-electron chi connectivity index (χ3n) is 4.75. The quantitative estimate of drug-likeness (QED) is 0.514. The first kappa shape index (κ1) is 21.3. The highest BCUT2D eigenvalue weighted by Gasteiger charge is 2.04. The van der Waals surface area contributed by atoms with E-state index in [9.17, 15) is 4.79 Å². The normalized spacial score (nSPS) is 10.9. The molecule has 1 amide bonds. The summed E-state index contributed by atoms with van der Waals surface area (Å²) < 4.78 is 5.88. The molecule has 3 N–H and O–H groups in total. The van der Waals surface area contributed by atoms with E-state index in [2.05, 4.69) is 30.2 Å². The zero-order chi connectivity index (χ0) is 21.3. The van der Waals surface area contributed by atoms with Crippen molar-refractivity contribution < 1.29 is 9.53 Å². The van der Waals surface area contributed by atoms with Gasteiger partial charge in [0.25, 0.3) is 0 Å². The number of nitrogens with two attached hydrogens (primary N) is 1. The van der Waals surface area contributed by atoms with Crippen LogP contribution < -0.4 is 15.8 Å². The van der Waals surface area contributed by atoms with Crippen LogP contribution in [0.5, 0.6) is 11.5 Å². The predicted molar refractivity (Wildman–Crippen MR) is 122 cm³/mol. The molecule has 1 aromatic heterocycles. The number of hydrogen-bond donors (Lipinski definition) is 2. The van der Waals surface area contributed by atoms with Gasteiger partial charge in [0.2, 0.25) is 5.91 Å². The van der Waals surface area contributed by atoms with Crippen molar-refractivity contribution in [3.63, 3.8) is 0 Å². The molecule has 5 nitrogen and oxygen atoms in total. The third kappa shape index (κ3) is 5.78. The first-order valence-corrected chi connectivity index (χ1v) is 10.1. The second-order valence-corrected chi connectivity index (χ2v) is 6.87. The molecule has 2 aromatic carbocycles. The standard InChI is InChI=1S/C25H27N3O2/c1-3-19-9-10-21(15-20(19)4-2)28-25(29)11-8-18-6-5-7-23(14-18)30-24-12-13-27-22(16-24)17-26/h5-16H,3-4,17,26H2,1-2H3,(H,28,29)/b11-8+. The van der Waals surface area contributed by atoms with E-state index < -0.39 is 0 Å². The number of amides is 1. The number of ether oxygens (including phenoxy) is 1. The Morgan fingerprint density at radius 2 is 1.83 bits per heavy atom. The lowest BCUT2D eigenvalue weighted by atomic mass is 10.0. The van der Waals surface area contributed by atoms with Gasteiger partial charge >= 0.3 is 0 Å². The number of benzene rings is 2. The van der Waals surface area contributed by atoms with Crippen LogP contribution in [0.15, 0.2) is 66.9 Å². The van der Waals surface area contributed by atoms with Crippen LogP contribution in [0, 0.1) is 0 Å². The van der Waals surface area contributed by atoms with Crippen LogP contribution in [0.3, 0.4) is 0 Å². The second-order valence-electron chi connectivity index (χ2n) is 6.87. The van der Waals surface area contributed by atoms with E-state index in [0.717, 1.165) is 29.8 Å². The minimum atomic E-state index is -0.172. The Balaban J connectivity index is 1.65. The van der Waals surface area contributed by atoms with E-state index in [0.29, 0.717) is 18.0 Å². The molecule has 0 bridgehead atoms. The molecule has 0 spiro atoms. The van der Waals surface area contributed by atoms with Crippen molar-refractivity contribution in [1.82, 2.24) is 4.98 Å². The van der Waals surface area contributed by atoms with Gasteiger partial charge in [-0.05, 0) is 65.9 Å². The number of carbonyl (C=O) groups is 1. The Morgan fingerprint density at radius 1 is 1.03 bits per heavy atom. The molecular weight excluding hydrogens is 374 g/mol. The van der Waals surface area contributed by atoms with Gasteiger partial charge in [0.15, 0.2) is 0 Å². The molecule has 0 saturated heterocycles. The number of carbonyl (C=O) groups excluding carboxylic acids is 1. The van der Waals surface area contributed by atoms with Gasteiger partial charge in [0, 0.05) is 30.6 Å². The molecule has 0 unspecified atom stereocenters. The zero-order valence-electron chi connectivity index (χ0n) is 17.4. The summed E-state index contributed by atoms with van der Waals surface area (Å²) in [6.45, 7) is 4.62. The lowest BCUT2D eigenvalue weighted by Crippen LogP contribution is -2.08. The number of aryl methyl sites for hydroxylation is 2. The molecule has 0 atom stereocenters. The van der Waals surface area contributed by atoms with E-state index in [4.69, 9.17) is 10.5 Å². The van der Waals surface area contributed by atoms with Gasteiger partial charge in [-0.15, -0.1) is 0 Å². The average Bonchev–Trinajstić information content (AvgIpc) is 2.78. The van der Waals surface area contributed by atoms with Crippen molar-refractivity contribution in [2.75, 3.05) is 5.32 Å². The highest BCUT2D eigenvalue weighted by atomic mass is 16.5. The van der Waals surface area contributed by atoms with Gasteiger partial charge in [-0.3, -0.25) is 9.78 Å². The molecule has 0 radical (unpaired) electrons. The minimum Gasteiger partial charge on any atom is -0.457 e. The van der Waals surface area contributed by atoms with Crippen molar-refractivity contribution >= 4 is 17.7 Å². The van der Waals surface area contributed by atoms with Crippen molar-refractivity contribution in [3.05, 3.63) is 89.3 Å². The first-order chi connectivity index (χ1) is 14.6. The smallest absolute Gasteiger partial charge is 0.248 e. The number of anilines is 1. The summed E-state index contributed by atoms with van der Waals surface area (Å²) in [6, 6.07) is 17.2. The summed E-state index contributed by atoms with van der Waals surface area (Å²) >= 11 is 0. The largest absolute Gasteiger partial charge is 0.457 e. The van der Waals surface area contributed by atoms with Crippen LogP contribution in [0.25, 0.3) is 6.08 Å². The minimum absolute atomic E-state index is 0.172. The molecule has 3 rings (SSSR count). The fourth-order valence-corrected chi connectivity index (χ4v) is 3.18. The fraction of sp³-hybridized carbons (Fsp3) is 0.200. The molecule has 154 valence electrons. The molecule has 1 heterocycles. The Kier molecular flexibility index (Phi) is 7.35. The van der Waals surface area contributed by atoms with Crippen molar-refractivity contribution in [2.45, 2.75) is 33.2 Å². The molecule has 30 heavy (non-hydrogen) atoms. The van der Waals surface area contributed by atoms with Crippen molar-refractivity contribution in [1.29, 1.82) is 0 Å². The molecule has 0 aliphatic carbocycles. The number of rotatable bonds is 8. The van der Waals surface area contributed by atoms with E-state index >= 15 is 0 Å². The molecule has 0 aliphatic heterocycles. The van der Waals surface area contributed by atoms with Crippen LogP contribution >= 0.6 is 0 Å². The topological polar surface area (TPSA) is 77.2 Å². The predicted octanol–water partition coefficient (Wildman–Crippen LogP) is 5.11. The highest BCUT2D eigenvalue weighted by Crippen LogP contribution is 2.23. The average molecular weight is 402 g/mol. The third-order valence-corrected chi connectivity index (χ3v) is 4.75. The maximum Gasteiger partial charge on any atom is 0.248 e. The Hall–Kier alpha value is -3.44. The van der Waals surface area contributed by atoms with Crippen molar-refractivity contribution in [3.8, 4) is 11.5 Å². The molecule has 3 aromatic rings. The van der Waals surface area contributed by atoms with Gasteiger partial charge in [-0.25, -0.2) is 0 Å². The lowest BCUT2D eigenvalue weighted by molar-refractivity contribution is -0.111. The Bertz CT molecular complexity index is 1040. The number of aromatic nitrogens is 1. The highest BCUT2D eigenvalue weighted by molar-refractivity contribution is 6.02. The van der Waals surface area contributed by atoms with Crippen LogP contribution in [-0.4, -0.2) is 10.9 Å². The van der Waals surface area contributed by atoms with E-state index in [1.165, 1.54) is 17.2 Å². The van der Waals surface area contributed by atoms with Crippen LogP contribution in [0.4, 0.5) is 5.69 Å². The van der Waals surface area contributed by atoms with Gasteiger partial charge < -0.3 is 15.8 Å². The first-order valence-electron chi connectivity index (χ1n) is 10.1. The number of nitrogens with zero attached hydrogens (tertiary/aromatic N) is 1. The van der Waals surface area contributed by atoms with Gasteiger partial charge in [-0.2, -0.15) is 0 Å². The van der Waals surface area contributed by atoms with E-state index in [-0.39, 0.29) is 5.91 Å². The molecule has 0 aliphatic rings. The van der Waals surface area contributed by atoms with Crippen LogP contribution in [-0.2, 0) is 24.2 Å². The number of hydrogen-bond acceptors (Lipinski definition) is 4. The summed E-state index contributed by atoms with van der Waals surface area (Å²) in [7, 11) is 0. The van der Waals surface area contributed by atoms with Crippen LogP contribution in [0.2, 0.25) is 0 Å². The van der Waals surface area contributed by atoms with E-state index in [1.807, 2.05) is 42.5 Å². The summed E-state index contributed by atoms with van der Waals surface area (Å²) in [5.74, 6) is 1.18. The van der Waals surface area contributed by atoms with Gasteiger partial charge in [0.1, 0.15) is 11.5 Å². The lowest BCUT2D eigenvalue weighted by Gasteiger charge is -2.09. The fourth-order valence-electron chi connectivity index (χ4n) is 3.18. The monoisotopic (exact) mass is 401 g/mol. The molecule has 0 fully saturated rings. The maximum absolute atomic E-state index is 12.3. The SMILES string of the molecule is CCc1ccc(NC(=O)/C=C/c2cccc(Oc3ccnc(CN)c3)c2)cc1CC. The van der Waals surface area contributed by atoms with Gasteiger partial charge in [0.05, 0.1) is 5.69 Å². The Morgan fingerprint density at radius 3 is 2.60 bits per heavy atom. The molecule has 5 heteroatoms. The Labute approximate surface area is 177 Å². The summed E-state index contributed by atoms with van der Waals surface area (Å²) in [5.41, 5.74) is 10.6. The molecular formula is C25H27N3O2. The maximum atomic E-state index is 12.3. The van der Waals surface area contributed by atoms with E-state index in [1.54, 1.807) is 18.3 Å². The summed E-state index contributed by atoms with van der Waals surface area (Å²) in [6.07, 6.45) is 6.89. The molecule has 0 saturated carbocycles. The zero-order valence-corrected chi connectivity index (χ0v) is 17.4. The summed E-state index contributed by atoms with van der Waals surface area (Å²) in [5, 5.41) is 2.93.